The number of carbonyl (C=O) groups excluding carboxylic acids is 7. The number of unbranched alkanes of at least 4 members (excludes halogenated alkanes) is 20. The van der Waals surface area contributed by atoms with E-state index >= 15 is 0 Å². The van der Waals surface area contributed by atoms with Crippen LogP contribution in [0.3, 0.4) is 0 Å². The molecule has 0 aromatic rings. The van der Waals surface area contributed by atoms with Crippen LogP contribution in [0.1, 0.15) is 246 Å². The van der Waals surface area contributed by atoms with Gasteiger partial charge in [0.05, 0.1) is 51.4 Å². The van der Waals surface area contributed by atoms with Crippen molar-refractivity contribution in [2.24, 2.45) is 11.8 Å². The zero-order valence-corrected chi connectivity index (χ0v) is 47.7. The summed E-state index contributed by atoms with van der Waals surface area (Å²) >= 11 is 0. The van der Waals surface area contributed by atoms with Gasteiger partial charge in [0.2, 0.25) is 0 Å². The molecule has 0 radical (unpaired) electrons. The van der Waals surface area contributed by atoms with Crippen LogP contribution in [-0.4, -0.2) is 130 Å². The van der Waals surface area contributed by atoms with Gasteiger partial charge in [0.25, 0.3) is 0 Å². The van der Waals surface area contributed by atoms with E-state index in [4.69, 9.17) is 33.2 Å². The molecule has 1 unspecified atom stereocenters. The van der Waals surface area contributed by atoms with Gasteiger partial charge in [-0.3, -0.25) is 38.6 Å². The lowest BCUT2D eigenvalue weighted by Crippen LogP contribution is -2.55. The molecular weight excluding hydrogens is 961 g/mol. The van der Waals surface area contributed by atoms with Crippen LogP contribution in [-0.2, 0) is 61.9 Å². The quantitative estimate of drug-likeness (QED) is 0.0317. The molecule has 3 atom stereocenters. The predicted molar refractivity (Wildman–Crippen MR) is 290 cm³/mol. The Morgan fingerprint density at radius 1 is 0.373 bits per heavy atom. The van der Waals surface area contributed by atoms with Crippen molar-refractivity contribution < 1.29 is 66.7 Å². The number of hydrogen-bond donors (Lipinski definition) is 0. The molecule has 2 aliphatic rings. The fourth-order valence-corrected chi connectivity index (χ4v) is 9.44. The first kappa shape index (κ1) is 67.2. The summed E-state index contributed by atoms with van der Waals surface area (Å²) in [5.74, 6) is -3.90. The summed E-state index contributed by atoms with van der Waals surface area (Å²) in [5, 5.41) is 0. The highest BCUT2D eigenvalue weighted by atomic mass is 16.6. The summed E-state index contributed by atoms with van der Waals surface area (Å²) < 4.78 is 40.0. The van der Waals surface area contributed by atoms with E-state index in [1.165, 1.54) is 30.6 Å². The minimum absolute atomic E-state index is 0.0831. The lowest BCUT2D eigenvalue weighted by molar-refractivity contribution is -0.157. The predicted octanol–water partition coefficient (Wildman–Crippen LogP) is 12.3. The van der Waals surface area contributed by atoms with Crippen LogP contribution in [0.15, 0.2) is 0 Å². The van der Waals surface area contributed by atoms with Gasteiger partial charge in [0.1, 0.15) is 19.8 Å². The first-order valence-corrected chi connectivity index (χ1v) is 30.0. The first-order chi connectivity index (χ1) is 36.4. The second-order valence-corrected chi connectivity index (χ2v) is 21.5. The Morgan fingerprint density at radius 3 is 0.973 bits per heavy atom. The number of ether oxygens (including phenoxy) is 7. The van der Waals surface area contributed by atoms with Crippen molar-refractivity contribution in [1.82, 2.24) is 9.80 Å². The number of carbonyl (C=O) groups is 7. The van der Waals surface area contributed by atoms with E-state index in [9.17, 15) is 33.6 Å². The van der Waals surface area contributed by atoms with E-state index in [0.717, 1.165) is 116 Å². The van der Waals surface area contributed by atoms with E-state index in [0.29, 0.717) is 44.9 Å². The molecule has 2 fully saturated rings. The van der Waals surface area contributed by atoms with Gasteiger partial charge < -0.3 is 33.2 Å². The van der Waals surface area contributed by atoms with Gasteiger partial charge >= 0.3 is 41.9 Å². The molecule has 2 rings (SSSR count). The third kappa shape index (κ3) is 33.7. The summed E-state index contributed by atoms with van der Waals surface area (Å²) in [4.78, 5) is 95.7. The molecule has 2 saturated heterocycles. The second-order valence-electron chi connectivity index (χ2n) is 21.5. The number of esters is 6. The summed E-state index contributed by atoms with van der Waals surface area (Å²) in [5.41, 5.74) is 0. The Bertz CT molecular complexity index is 1400. The Morgan fingerprint density at radius 2 is 0.680 bits per heavy atom. The highest BCUT2D eigenvalue weighted by molar-refractivity contribution is 5.73. The lowest BCUT2D eigenvalue weighted by atomic mass is 9.96. The van der Waals surface area contributed by atoms with Crippen LogP contribution >= 0.6 is 0 Å². The molecule has 75 heavy (non-hydrogen) atoms. The van der Waals surface area contributed by atoms with Crippen molar-refractivity contribution in [3.05, 3.63) is 0 Å². The normalized spacial score (nSPS) is 16.6. The summed E-state index contributed by atoms with van der Waals surface area (Å²) in [7, 11) is 1.97. The summed E-state index contributed by atoms with van der Waals surface area (Å²) in [6.07, 6.45) is 27.3. The monoisotopic (exact) mass is 1060 g/mol. The maximum absolute atomic E-state index is 14.0. The SMILES string of the molecule is CCCCCCCCC(=O)OCC(COC(=O)CCCCCCCC)CC(=O)OC[C@H]1CCC[C@@H](COC(=O)CC(COC(=O)CCCCCCCC)COC(=O)CCCCCCCC)N1C(=O)OCC1CCN1C. The molecule has 0 N–H and O–H groups in total. The summed E-state index contributed by atoms with van der Waals surface area (Å²) in [6.45, 7) is 8.97. The van der Waals surface area contributed by atoms with Gasteiger partial charge in [-0.1, -0.05) is 156 Å². The number of amides is 1. The first-order valence-electron chi connectivity index (χ1n) is 30.0. The average Bonchev–Trinajstić information content (AvgIpc) is 3.40. The fourth-order valence-electron chi connectivity index (χ4n) is 9.44. The van der Waals surface area contributed by atoms with Gasteiger partial charge in [0.15, 0.2) is 0 Å². The smallest absolute Gasteiger partial charge is 0.410 e. The zero-order chi connectivity index (χ0) is 54.7. The number of hydrogen-bond acceptors (Lipinski definition) is 15. The third-order valence-electron chi connectivity index (χ3n) is 14.6. The lowest BCUT2D eigenvalue weighted by Gasteiger charge is -2.42. The summed E-state index contributed by atoms with van der Waals surface area (Å²) in [6, 6.07) is -1.10. The molecule has 2 heterocycles. The largest absolute Gasteiger partial charge is 0.465 e. The Balaban J connectivity index is 2.11. The van der Waals surface area contributed by atoms with Gasteiger partial charge in [-0.05, 0) is 65.0 Å². The molecule has 0 aromatic carbocycles. The molecule has 0 saturated carbocycles. The maximum atomic E-state index is 14.0. The van der Waals surface area contributed by atoms with Crippen molar-refractivity contribution in [1.29, 1.82) is 0 Å². The second kappa shape index (κ2) is 44.1. The number of likely N-dealkylation sites (tertiary alicyclic amines) is 2. The van der Waals surface area contributed by atoms with Gasteiger partial charge in [-0.25, -0.2) is 4.79 Å². The van der Waals surface area contributed by atoms with E-state index in [2.05, 4.69) is 32.6 Å². The van der Waals surface area contributed by atoms with Crippen LogP contribution < -0.4 is 0 Å². The minimum Gasteiger partial charge on any atom is -0.465 e. The van der Waals surface area contributed by atoms with Crippen LogP contribution in [0.2, 0.25) is 0 Å². The highest BCUT2D eigenvalue weighted by Gasteiger charge is 2.38. The van der Waals surface area contributed by atoms with E-state index < -0.39 is 42.0 Å². The van der Waals surface area contributed by atoms with E-state index in [1.54, 1.807) is 0 Å². The van der Waals surface area contributed by atoms with Crippen LogP contribution in [0.4, 0.5) is 4.79 Å². The van der Waals surface area contributed by atoms with Crippen molar-refractivity contribution >= 4 is 41.9 Å². The number of nitrogens with zero attached hydrogens (tertiary/aromatic N) is 2. The van der Waals surface area contributed by atoms with Crippen LogP contribution in [0.25, 0.3) is 0 Å². The average molecular weight is 1070 g/mol. The molecule has 16 nitrogen and oxygen atoms in total. The molecule has 16 heteroatoms. The van der Waals surface area contributed by atoms with Gasteiger partial charge in [-0.15, -0.1) is 0 Å². The van der Waals surface area contributed by atoms with Crippen molar-refractivity contribution in [2.75, 3.05) is 59.8 Å². The number of likely N-dealkylation sites (N-methyl/N-ethyl adjacent to an activating group) is 1. The zero-order valence-electron chi connectivity index (χ0n) is 47.7. The van der Waals surface area contributed by atoms with Crippen LogP contribution in [0, 0.1) is 11.8 Å². The Kier molecular flexibility index (Phi) is 39.5. The topological polar surface area (TPSA) is 191 Å². The number of rotatable bonds is 46. The Labute approximate surface area is 452 Å². The van der Waals surface area contributed by atoms with E-state index in [-0.39, 0.29) is 115 Å². The molecular formula is C59H104N2O14. The molecule has 434 valence electrons. The number of piperidine rings is 1. The standard InChI is InChI=1S/C59H104N2O14/c1-6-10-14-18-22-26-33-53(62)69-41-48(42-70-54(63)34-27-23-19-15-11-7-2)39-57(66)73-46-51-31-30-32-52(61(51)59(68)75-45-50-37-38-60(50)5)47-74-58(67)40-49(43-71-55(64)35-28-24-20-16-12-8-3)44-72-56(65)36-29-25-21-17-13-9-4/h48-52H,6-47H2,1-5H3/t50?,51-,52+. The minimum atomic E-state index is -0.630. The Hall–Kier alpha value is -3.95. The molecule has 0 spiro atoms. The molecule has 0 aliphatic carbocycles. The molecule has 2 aliphatic heterocycles. The molecule has 0 bridgehead atoms. The maximum Gasteiger partial charge on any atom is 0.410 e. The van der Waals surface area contributed by atoms with Gasteiger partial charge in [-0.2, -0.15) is 0 Å². The molecule has 1 amide bonds. The highest BCUT2D eigenvalue weighted by Crippen LogP contribution is 2.27. The fraction of sp³-hybridized carbons (Fsp3) is 0.881. The van der Waals surface area contributed by atoms with Crippen molar-refractivity contribution in [2.45, 2.75) is 264 Å². The van der Waals surface area contributed by atoms with E-state index in [1.807, 2.05) is 7.05 Å². The molecule has 0 aromatic heterocycles. The van der Waals surface area contributed by atoms with Crippen molar-refractivity contribution in [3.8, 4) is 0 Å². The van der Waals surface area contributed by atoms with Crippen LogP contribution in [0.5, 0.6) is 0 Å². The third-order valence-corrected chi connectivity index (χ3v) is 14.6. The van der Waals surface area contributed by atoms with Gasteiger partial charge in [0, 0.05) is 43.6 Å². The van der Waals surface area contributed by atoms with Crippen molar-refractivity contribution in [3.63, 3.8) is 0 Å².